The Morgan fingerprint density at radius 1 is 0.0643 bits per heavy atom. The van der Waals surface area contributed by atoms with E-state index in [9.17, 15) is 0 Å². The molecule has 0 fully saturated rings. The highest BCUT2D eigenvalue weighted by Gasteiger charge is 2.23. The van der Waals surface area contributed by atoms with E-state index in [0.29, 0.717) is 0 Å². The van der Waals surface area contributed by atoms with Crippen LogP contribution in [0.15, 0.2) is 558 Å². The van der Waals surface area contributed by atoms with Crippen molar-refractivity contribution in [1.29, 1.82) is 0 Å². The van der Waals surface area contributed by atoms with E-state index in [1.54, 1.807) is 0 Å². The first-order valence-corrected chi connectivity index (χ1v) is 48.5. The van der Waals surface area contributed by atoms with Crippen LogP contribution >= 0.6 is 0 Å². The summed E-state index contributed by atoms with van der Waals surface area (Å²) in [5.41, 5.74) is 11.0. The second kappa shape index (κ2) is 36.5. The van der Waals surface area contributed by atoms with Gasteiger partial charge in [-0.2, -0.15) is 0 Å². The summed E-state index contributed by atoms with van der Waals surface area (Å²) in [6, 6.07) is 200. The van der Waals surface area contributed by atoms with Gasteiger partial charge in [-0.15, -0.1) is 0 Å². The fraction of sp³-hybridized carbons (Fsp3) is 0. The smallest absolute Gasteiger partial charge is 0.00206 e. The SMILES string of the molecule is c1ccc2c(c1)-c1cccc3cccc-2c13.c1ccc2c(c1)ccc1c2ccc2ccc3ccccc3c21.c1ccc2c(c1)ccc1c3ccccc3ccc21.c1ccc2c(c1)ccc1ccc3ccc4ccccc4c3c12.c1ccc2c(c1)ccc1ccc3ccccc3c12.c1ccc2c(c1)ccc1ccccc12.c1ccc2cc3c(cc2c1)-c1cccc2cccc-3c12.c1ccc2ccccc2c1. The van der Waals surface area contributed by atoms with Gasteiger partial charge in [0.2, 0.25) is 0 Å². The highest BCUT2D eigenvalue weighted by molar-refractivity contribution is 6.29. The van der Waals surface area contributed by atoms with Crippen molar-refractivity contribution in [3.63, 3.8) is 0 Å². The molecule has 0 heteroatoms. The van der Waals surface area contributed by atoms with Crippen molar-refractivity contribution in [3.05, 3.63) is 558 Å². The van der Waals surface area contributed by atoms with Gasteiger partial charge >= 0.3 is 0 Å². The normalized spacial score (nSPS) is 11.4. The van der Waals surface area contributed by atoms with Gasteiger partial charge in [-0.1, -0.05) is 546 Å². The molecule has 0 heterocycles. The van der Waals surface area contributed by atoms with Crippen LogP contribution < -0.4 is 0 Å². The molecule has 0 aromatic heterocycles. The fourth-order valence-electron chi connectivity index (χ4n) is 22.0. The molecule has 32 rings (SSSR count). The highest BCUT2D eigenvalue weighted by atomic mass is 14.3. The molecule has 140 heavy (non-hydrogen) atoms. The summed E-state index contributed by atoms with van der Waals surface area (Å²) in [6.07, 6.45) is 0. The molecule has 2 aliphatic carbocycles. The van der Waals surface area contributed by atoms with Gasteiger partial charge in [0.05, 0.1) is 0 Å². The Kier molecular flexibility index (Phi) is 21.8. The van der Waals surface area contributed by atoms with Gasteiger partial charge in [-0.3, -0.25) is 0 Å². The Balaban J connectivity index is 0.0000000851. The van der Waals surface area contributed by atoms with Crippen molar-refractivity contribution in [2.24, 2.45) is 0 Å². The van der Waals surface area contributed by atoms with E-state index in [1.807, 2.05) is 0 Å². The number of hydrogen-bond donors (Lipinski definition) is 0. The molecular formula is C140H92. The molecule has 0 bridgehead atoms. The van der Waals surface area contributed by atoms with E-state index in [2.05, 4.69) is 558 Å². The van der Waals surface area contributed by atoms with Crippen molar-refractivity contribution in [3.8, 4) is 44.5 Å². The molecule has 0 saturated heterocycles. The molecule has 0 unspecified atom stereocenters. The third kappa shape index (κ3) is 15.5. The minimum Gasteiger partial charge on any atom is -0.0616 e. The maximum Gasteiger partial charge on any atom is -0.00206 e. The quantitative estimate of drug-likeness (QED) is 0.133. The predicted molar refractivity (Wildman–Crippen MR) is 611 cm³/mol. The maximum atomic E-state index is 2.33. The Hall–Kier alpha value is -18.2. The molecule has 30 aromatic rings. The lowest BCUT2D eigenvalue weighted by Crippen LogP contribution is -1.83. The van der Waals surface area contributed by atoms with E-state index in [-0.39, 0.29) is 0 Å². The molecule has 0 radical (unpaired) electrons. The second-order valence-electron chi connectivity index (χ2n) is 36.6. The minimum atomic E-state index is 1.30. The van der Waals surface area contributed by atoms with E-state index in [4.69, 9.17) is 0 Å². The van der Waals surface area contributed by atoms with Crippen LogP contribution in [-0.4, -0.2) is 0 Å². The summed E-state index contributed by atoms with van der Waals surface area (Å²) in [7, 11) is 0. The van der Waals surface area contributed by atoms with Gasteiger partial charge in [0, 0.05) is 0 Å². The molecule has 2 aliphatic rings. The van der Waals surface area contributed by atoms with Crippen molar-refractivity contribution in [2.75, 3.05) is 0 Å². The summed E-state index contributed by atoms with van der Waals surface area (Å²) >= 11 is 0. The summed E-state index contributed by atoms with van der Waals surface area (Å²) in [4.78, 5) is 0. The lowest BCUT2D eigenvalue weighted by atomic mass is 9.93. The maximum absolute atomic E-state index is 2.33. The molecule has 652 valence electrons. The average Bonchev–Trinajstić information content (AvgIpc) is 1.50. The number of hydrogen-bond acceptors (Lipinski definition) is 0. The van der Waals surface area contributed by atoms with Gasteiger partial charge in [0.15, 0.2) is 0 Å². The standard InChI is InChI=1S/2C22H14.C20H12.2C18H12.C16H10.C14H10.C10H8/c1-3-7-19-15(5-1)9-11-17-13-14-18-12-10-16-6-2-4-8-20(16)22(18)21(17)19;1-3-7-18-15(5-1)11-14-21-20(18)13-12-17-10-9-16-6-2-4-8-19(16)22(17)21;1-2-6-15-12-19-17-10-4-8-13-7-3-9-16(20(13)17)18(19)11-14(15)5-1;1-3-7-16-13(5-1)9-11-15-12-10-14-6-2-4-8-17(14)18(15)16;1-3-7-15-13(5-1)9-11-18-16-8-4-2-6-14(16)10-12-17(15)18;1-2-8-13-12(7-1)14-9-3-5-11-6-4-10-15(13)16(11)14;1-3-7-13-11(5-1)9-10-12-6-2-4-8-14(12)13;1-2-6-10-8-4-3-7-9(10)5-1/h2*1-14H;1-12H;2*1-12H;1-10H;1-10H;1-8H. The van der Waals surface area contributed by atoms with Crippen LogP contribution in [0.5, 0.6) is 0 Å². The Morgan fingerprint density at radius 3 is 0.514 bits per heavy atom. The highest BCUT2D eigenvalue weighted by Crippen LogP contribution is 2.50. The minimum absolute atomic E-state index is 1.30. The second-order valence-corrected chi connectivity index (χ2v) is 36.6. The van der Waals surface area contributed by atoms with Crippen LogP contribution in [0.1, 0.15) is 0 Å². The molecule has 0 saturated carbocycles. The molecule has 0 atom stereocenters. The van der Waals surface area contributed by atoms with E-state index in [1.165, 1.54) is 260 Å². The van der Waals surface area contributed by atoms with Gasteiger partial charge in [0.25, 0.3) is 0 Å². The van der Waals surface area contributed by atoms with Crippen LogP contribution in [0.3, 0.4) is 0 Å². The first-order chi connectivity index (χ1) is 69.5. The molecular weight excluding hydrogens is 1680 g/mol. The monoisotopic (exact) mass is 1770 g/mol. The molecule has 0 aliphatic heterocycles. The summed E-state index contributed by atoms with van der Waals surface area (Å²) in [5.74, 6) is 0. The largest absolute Gasteiger partial charge is 0.0616 e. The average molecular weight is 1770 g/mol. The third-order valence-electron chi connectivity index (χ3n) is 28.6. The summed E-state index contributed by atoms with van der Waals surface area (Å²) in [5, 5.41) is 53.2. The summed E-state index contributed by atoms with van der Waals surface area (Å²) < 4.78 is 0. The fourth-order valence-corrected chi connectivity index (χ4v) is 22.0. The molecule has 0 N–H and O–H groups in total. The Bertz CT molecular complexity index is 9610. The van der Waals surface area contributed by atoms with Crippen LogP contribution in [0.2, 0.25) is 0 Å². The van der Waals surface area contributed by atoms with Gasteiger partial charge < -0.3 is 0 Å². The van der Waals surface area contributed by atoms with Gasteiger partial charge in [0.1, 0.15) is 0 Å². The molecule has 0 spiro atoms. The zero-order valence-electron chi connectivity index (χ0n) is 77.1. The molecule has 0 amide bonds. The van der Waals surface area contributed by atoms with Crippen LogP contribution in [0.4, 0.5) is 0 Å². The van der Waals surface area contributed by atoms with Crippen LogP contribution in [0, 0.1) is 0 Å². The van der Waals surface area contributed by atoms with Gasteiger partial charge in [-0.25, -0.2) is 0 Å². The molecule has 0 nitrogen and oxygen atoms in total. The lowest BCUT2D eigenvalue weighted by Gasteiger charge is -2.10. The Morgan fingerprint density at radius 2 is 0.221 bits per heavy atom. The van der Waals surface area contributed by atoms with E-state index < -0.39 is 0 Å². The third-order valence-corrected chi connectivity index (χ3v) is 28.6. The van der Waals surface area contributed by atoms with Crippen molar-refractivity contribution >= 4 is 215 Å². The predicted octanol–water partition coefficient (Wildman–Crippen LogP) is 39.9. The van der Waals surface area contributed by atoms with Gasteiger partial charge in [-0.05, 0) is 272 Å². The van der Waals surface area contributed by atoms with Crippen LogP contribution in [0.25, 0.3) is 260 Å². The topological polar surface area (TPSA) is 0 Å². The first-order valence-electron chi connectivity index (χ1n) is 48.5. The number of fused-ring (bicyclic) bond motifs is 35. The first kappa shape index (κ1) is 83.6. The lowest BCUT2D eigenvalue weighted by molar-refractivity contribution is 1.70. The Labute approximate surface area is 812 Å². The van der Waals surface area contributed by atoms with Crippen molar-refractivity contribution < 1.29 is 0 Å². The number of benzene rings is 30. The van der Waals surface area contributed by atoms with Crippen molar-refractivity contribution in [2.45, 2.75) is 0 Å². The van der Waals surface area contributed by atoms with Crippen molar-refractivity contribution in [1.82, 2.24) is 0 Å². The molecule has 30 aromatic carbocycles. The van der Waals surface area contributed by atoms with E-state index in [0.717, 1.165) is 0 Å². The zero-order valence-corrected chi connectivity index (χ0v) is 77.1. The summed E-state index contributed by atoms with van der Waals surface area (Å²) in [6.45, 7) is 0. The number of rotatable bonds is 0. The zero-order chi connectivity index (χ0) is 92.8. The van der Waals surface area contributed by atoms with Crippen LogP contribution in [-0.2, 0) is 0 Å². The van der Waals surface area contributed by atoms with E-state index >= 15 is 0 Å².